The standard InChI is InChI=1S/C8H9N3S3/c9-6-4-14-7(11-6)3-5(12)8-10-1-2-13-8/h1-2,4-5,12H,3,9H2. The second kappa shape index (κ2) is 4.29. The van der Waals surface area contributed by atoms with E-state index >= 15 is 0 Å². The molecule has 2 aromatic rings. The van der Waals surface area contributed by atoms with Gasteiger partial charge in [-0.25, -0.2) is 9.97 Å². The highest BCUT2D eigenvalue weighted by molar-refractivity contribution is 7.80. The molecule has 0 bridgehead atoms. The summed E-state index contributed by atoms with van der Waals surface area (Å²) in [6.45, 7) is 0. The van der Waals surface area contributed by atoms with Crippen LogP contribution in [0.2, 0.25) is 0 Å². The molecule has 0 aliphatic carbocycles. The second-order valence-corrected chi connectivity index (χ2v) is 5.25. The number of hydrogen-bond acceptors (Lipinski definition) is 6. The summed E-state index contributed by atoms with van der Waals surface area (Å²) in [6, 6.07) is 0. The van der Waals surface area contributed by atoms with Gasteiger partial charge in [0.1, 0.15) is 10.8 Å². The summed E-state index contributed by atoms with van der Waals surface area (Å²) in [7, 11) is 0. The third-order valence-corrected chi connectivity index (χ3v) is 4.05. The minimum Gasteiger partial charge on any atom is -0.383 e. The molecule has 6 heteroatoms. The van der Waals surface area contributed by atoms with Crippen LogP contribution in [0.4, 0.5) is 5.82 Å². The van der Waals surface area contributed by atoms with Gasteiger partial charge in [0, 0.05) is 23.4 Å². The third-order valence-electron chi connectivity index (χ3n) is 1.67. The zero-order valence-electron chi connectivity index (χ0n) is 7.25. The molecule has 14 heavy (non-hydrogen) atoms. The quantitative estimate of drug-likeness (QED) is 0.814. The van der Waals surface area contributed by atoms with Crippen molar-refractivity contribution in [1.29, 1.82) is 0 Å². The second-order valence-electron chi connectivity index (χ2n) is 2.76. The van der Waals surface area contributed by atoms with Crippen LogP contribution in [0, 0.1) is 0 Å². The number of hydrogen-bond donors (Lipinski definition) is 2. The number of thiazole rings is 2. The lowest BCUT2D eigenvalue weighted by Crippen LogP contribution is -1.95. The van der Waals surface area contributed by atoms with Crippen LogP contribution in [0.5, 0.6) is 0 Å². The van der Waals surface area contributed by atoms with E-state index in [0.717, 1.165) is 16.4 Å². The van der Waals surface area contributed by atoms with Crippen molar-refractivity contribution in [1.82, 2.24) is 9.97 Å². The third kappa shape index (κ3) is 2.26. The van der Waals surface area contributed by atoms with Gasteiger partial charge in [-0.1, -0.05) is 0 Å². The highest BCUT2D eigenvalue weighted by Crippen LogP contribution is 2.27. The first kappa shape index (κ1) is 9.95. The van der Waals surface area contributed by atoms with E-state index in [9.17, 15) is 0 Å². The molecule has 0 aliphatic rings. The topological polar surface area (TPSA) is 51.8 Å². The summed E-state index contributed by atoms with van der Waals surface area (Å²) < 4.78 is 0. The fourth-order valence-corrected chi connectivity index (χ4v) is 2.97. The Morgan fingerprint density at radius 2 is 2.36 bits per heavy atom. The van der Waals surface area contributed by atoms with Crippen molar-refractivity contribution in [2.75, 3.05) is 5.73 Å². The number of nitrogen functional groups attached to an aromatic ring is 1. The van der Waals surface area contributed by atoms with Gasteiger partial charge in [-0.2, -0.15) is 12.6 Å². The smallest absolute Gasteiger partial charge is 0.134 e. The van der Waals surface area contributed by atoms with Gasteiger partial charge in [-0.15, -0.1) is 22.7 Å². The molecule has 0 aliphatic heterocycles. The summed E-state index contributed by atoms with van der Waals surface area (Å²) in [6.07, 6.45) is 2.58. The maximum absolute atomic E-state index is 5.53. The predicted octanol–water partition coefficient (Wildman–Crippen LogP) is 2.40. The van der Waals surface area contributed by atoms with Gasteiger partial charge in [0.2, 0.25) is 0 Å². The summed E-state index contributed by atoms with van der Waals surface area (Å²) in [5.74, 6) is 0.588. The largest absolute Gasteiger partial charge is 0.383 e. The number of nitrogens with two attached hydrogens (primary N) is 1. The maximum Gasteiger partial charge on any atom is 0.134 e. The van der Waals surface area contributed by atoms with Crippen LogP contribution < -0.4 is 5.73 Å². The SMILES string of the molecule is Nc1csc(CC(S)c2nccs2)n1. The van der Waals surface area contributed by atoms with Crippen LogP contribution in [0.25, 0.3) is 0 Å². The van der Waals surface area contributed by atoms with Gasteiger partial charge in [0.15, 0.2) is 0 Å². The first-order valence-electron chi connectivity index (χ1n) is 4.03. The highest BCUT2D eigenvalue weighted by Gasteiger charge is 2.11. The molecule has 1 atom stereocenters. The molecule has 0 fully saturated rings. The monoisotopic (exact) mass is 243 g/mol. The molecular weight excluding hydrogens is 234 g/mol. The van der Waals surface area contributed by atoms with Crippen LogP contribution in [-0.4, -0.2) is 9.97 Å². The van der Waals surface area contributed by atoms with Crippen molar-refractivity contribution in [3.8, 4) is 0 Å². The lowest BCUT2D eigenvalue weighted by molar-refractivity contribution is 0.913. The van der Waals surface area contributed by atoms with Crippen molar-refractivity contribution >= 4 is 41.1 Å². The van der Waals surface area contributed by atoms with Gasteiger partial charge >= 0.3 is 0 Å². The van der Waals surface area contributed by atoms with E-state index in [1.807, 2.05) is 10.8 Å². The van der Waals surface area contributed by atoms with E-state index in [2.05, 4.69) is 22.6 Å². The Kier molecular flexibility index (Phi) is 3.05. The van der Waals surface area contributed by atoms with E-state index in [4.69, 9.17) is 5.73 Å². The lowest BCUT2D eigenvalue weighted by atomic mass is 10.3. The molecule has 3 nitrogen and oxygen atoms in total. The van der Waals surface area contributed by atoms with Gasteiger partial charge in [0.05, 0.1) is 10.3 Å². The number of nitrogens with zero attached hydrogens (tertiary/aromatic N) is 2. The minimum atomic E-state index is 0.126. The molecular formula is C8H9N3S3. The highest BCUT2D eigenvalue weighted by atomic mass is 32.1. The van der Waals surface area contributed by atoms with Gasteiger partial charge in [-0.05, 0) is 0 Å². The Labute approximate surface area is 95.4 Å². The zero-order valence-corrected chi connectivity index (χ0v) is 9.78. The lowest BCUT2D eigenvalue weighted by Gasteiger charge is -2.03. The van der Waals surface area contributed by atoms with E-state index in [0.29, 0.717) is 5.82 Å². The Bertz CT molecular complexity index is 396. The Balaban J connectivity index is 2.05. The number of thiol groups is 1. The summed E-state index contributed by atoms with van der Waals surface area (Å²) in [4.78, 5) is 8.39. The van der Waals surface area contributed by atoms with Crippen LogP contribution in [0.15, 0.2) is 17.0 Å². The van der Waals surface area contributed by atoms with Crippen LogP contribution >= 0.6 is 35.3 Å². The number of rotatable bonds is 3. The van der Waals surface area contributed by atoms with Crippen molar-refractivity contribution in [2.24, 2.45) is 0 Å². The van der Waals surface area contributed by atoms with Crippen LogP contribution in [-0.2, 0) is 6.42 Å². The first-order valence-corrected chi connectivity index (χ1v) is 6.30. The van der Waals surface area contributed by atoms with Crippen molar-refractivity contribution in [2.45, 2.75) is 11.7 Å². The van der Waals surface area contributed by atoms with E-state index in [1.165, 1.54) is 0 Å². The summed E-state index contributed by atoms with van der Waals surface area (Å²) in [5.41, 5.74) is 5.53. The van der Waals surface area contributed by atoms with E-state index < -0.39 is 0 Å². The van der Waals surface area contributed by atoms with Gasteiger partial charge in [-0.3, -0.25) is 0 Å². The molecule has 74 valence electrons. The van der Waals surface area contributed by atoms with Gasteiger partial charge < -0.3 is 5.73 Å². The average molecular weight is 243 g/mol. The minimum absolute atomic E-state index is 0.126. The van der Waals surface area contributed by atoms with Crippen LogP contribution in [0.1, 0.15) is 15.3 Å². The summed E-state index contributed by atoms with van der Waals surface area (Å²) >= 11 is 7.66. The van der Waals surface area contributed by atoms with Crippen molar-refractivity contribution in [3.63, 3.8) is 0 Å². The van der Waals surface area contributed by atoms with E-state index in [1.54, 1.807) is 28.9 Å². The average Bonchev–Trinajstić information content (AvgIpc) is 2.75. The molecule has 0 saturated carbocycles. The Morgan fingerprint density at radius 3 is 2.93 bits per heavy atom. The molecule has 2 heterocycles. The maximum atomic E-state index is 5.53. The molecule has 2 rings (SSSR count). The number of aromatic nitrogens is 2. The molecule has 0 aromatic carbocycles. The summed E-state index contributed by atoms with van der Waals surface area (Å²) in [5, 5.41) is 5.97. The van der Waals surface area contributed by atoms with E-state index in [-0.39, 0.29) is 5.25 Å². The molecule has 2 N–H and O–H groups in total. The Morgan fingerprint density at radius 1 is 1.50 bits per heavy atom. The molecule has 0 saturated heterocycles. The zero-order chi connectivity index (χ0) is 9.97. The predicted molar refractivity (Wildman–Crippen MR) is 64.1 cm³/mol. The molecule has 0 amide bonds. The molecule has 0 radical (unpaired) electrons. The number of anilines is 1. The molecule has 1 unspecified atom stereocenters. The first-order chi connectivity index (χ1) is 6.75. The van der Waals surface area contributed by atoms with Crippen LogP contribution in [0.3, 0.4) is 0 Å². The van der Waals surface area contributed by atoms with Crippen molar-refractivity contribution in [3.05, 3.63) is 27.0 Å². The fraction of sp³-hybridized carbons (Fsp3) is 0.250. The fourth-order valence-electron chi connectivity index (χ4n) is 1.07. The molecule has 0 spiro atoms. The van der Waals surface area contributed by atoms with Crippen molar-refractivity contribution < 1.29 is 0 Å². The Hall–Kier alpha value is -0.590. The van der Waals surface area contributed by atoms with Gasteiger partial charge in [0.25, 0.3) is 0 Å². The molecule has 2 aromatic heterocycles. The normalized spacial score (nSPS) is 12.9.